The summed E-state index contributed by atoms with van der Waals surface area (Å²) in [4.78, 5) is 10.0. The largest absolute Gasteiger partial charge is 0.388 e. The molecule has 2 aromatic carbocycles. The first-order chi connectivity index (χ1) is 9.63. The van der Waals surface area contributed by atoms with Gasteiger partial charge in [0.15, 0.2) is 0 Å². The van der Waals surface area contributed by atoms with Gasteiger partial charge in [-0.2, -0.15) is 0 Å². The van der Waals surface area contributed by atoms with Gasteiger partial charge in [-0.15, -0.1) is 0 Å². The average Bonchev–Trinajstić information content (AvgIpc) is 2.49. The first-order valence-electron chi connectivity index (χ1n) is 6.86. The molecule has 0 heterocycles. The van der Waals surface area contributed by atoms with Gasteiger partial charge in [-0.1, -0.05) is 74.5 Å². The molecular formula is C18H22O2. The zero-order valence-corrected chi connectivity index (χ0v) is 12.1. The van der Waals surface area contributed by atoms with Crippen molar-refractivity contribution >= 4 is 6.29 Å². The van der Waals surface area contributed by atoms with Crippen molar-refractivity contribution in [1.29, 1.82) is 0 Å². The molecule has 0 fully saturated rings. The second-order valence-electron chi connectivity index (χ2n) is 5.08. The van der Waals surface area contributed by atoms with Crippen molar-refractivity contribution < 1.29 is 9.90 Å². The molecule has 2 rings (SSSR count). The van der Waals surface area contributed by atoms with E-state index in [2.05, 4.69) is 13.8 Å². The Bertz CT molecular complexity index is 477. The number of aldehydes is 1. The molecule has 1 N–H and O–H groups in total. The van der Waals surface area contributed by atoms with Gasteiger partial charge in [-0.05, 0) is 17.9 Å². The Balaban J connectivity index is 0.000000217. The van der Waals surface area contributed by atoms with Gasteiger partial charge in [0.05, 0.1) is 6.10 Å². The van der Waals surface area contributed by atoms with Crippen molar-refractivity contribution in [2.45, 2.75) is 26.4 Å². The second-order valence-corrected chi connectivity index (χ2v) is 5.08. The molecule has 0 saturated heterocycles. The fourth-order valence-corrected chi connectivity index (χ4v) is 1.79. The van der Waals surface area contributed by atoms with Crippen molar-refractivity contribution in [3.63, 3.8) is 0 Å². The first kappa shape index (κ1) is 16.1. The quantitative estimate of drug-likeness (QED) is 0.843. The van der Waals surface area contributed by atoms with Crippen LogP contribution in [0.25, 0.3) is 0 Å². The Labute approximate surface area is 121 Å². The molecule has 0 aliphatic carbocycles. The Hall–Kier alpha value is -1.93. The lowest BCUT2D eigenvalue weighted by Crippen LogP contribution is -2.01. The lowest BCUT2D eigenvalue weighted by atomic mass is 10.00. The standard InChI is InChI=1S/C11H16O.C7H6O/c1-9(2)8-11(12)10-6-4-3-5-7-10;8-6-7-4-2-1-3-5-7/h3-7,9,11-12H,8H2,1-2H3;1-6H. The van der Waals surface area contributed by atoms with Crippen LogP contribution < -0.4 is 0 Å². The number of carbonyl (C=O) groups excluding carboxylic acids is 1. The number of hydrogen-bond donors (Lipinski definition) is 1. The first-order valence-corrected chi connectivity index (χ1v) is 6.86. The van der Waals surface area contributed by atoms with Crippen LogP contribution in [0.15, 0.2) is 60.7 Å². The van der Waals surface area contributed by atoms with Crippen molar-refractivity contribution in [2.24, 2.45) is 5.92 Å². The average molecular weight is 270 g/mol. The van der Waals surface area contributed by atoms with E-state index in [0.29, 0.717) is 5.92 Å². The maximum atomic E-state index is 10.0. The van der Waals surface area contributed by atoms with Gasteiger partial charge < -0.3 is 5.11 Å². The highest BCUT2D eigenvalue weighted by Crippen LogP contribution is 2.19. The molecule has 2 nitrogen and oxygen atoms in total. The van der Waals surface area contributed by atoms with Gasteiger partial charge >= 0.3 is 0 Å². The molecular weight excluding hydrogens is 248 g/mol. The van der Waals surface area contributed by atoms with E-state index in [1.54, 1.807) is 12.1 Å². The summed E-state index contributed by atoms with van der Waals surface area (Å²) in [5, 5.41) is 9.69. The van der Waals surface area contributed by atoms with E-state index in [1.807, 2.05) is 48.5 Å². The third-order valence-corrected chi connectivity index (χ3v) is 2.81. The highest BCUT2D eigenvalue weighted by Gasteiger charge is 2.07. The summed E-state index contributed by atoms with van der Waals surface area (Å²) in [7, 11) is 0. The van der Waals surface area contributed by atoms with Gasteiger partial charge in [-0.25, -0.2) is 0 Å². The highest BCUT2D eigenvalue weighted by molar-refractivity contribution is 5.74. The molecule has 1 unspecified atom stereocenters. The number of aliphatic hydroxyl groups excluding tert-OH is 1. The van der Waals surface area contributed by atoms with Crippen molar-refractivity contribution in [3.05, 3.63) is 71.8 Å². The fraction of sp³-hybridized carbons (Fsp3) is 0.278. The zero-order chi connectivity index (χ0) is 14.8. The van der Waals surface area contributed by atoms with Gasteiger partial charge in [-0.3, -0.25) is 4.79 Å². The van der Waals surface area contributed by atoms with Crippen LogP contribution in [0, 0.1) is 5.92 Å². The zero-order valence-electron chi connectivity index (χ0n) is 12.1. The maximum Gasteiger partial charge on any atom is 0.150 e. The number of aliphatic hydroxyl groups is 1. The summed E-state index contributed by atoms with van der Waals surface area (Å²) >= 11 is 0. The van der Waals surface area contributed by atoms with E-state index >= 15 is 0 Å². The molecule has 2 heteroatoms. The molecule has 0 amide bonds. The van der Waals surface area contributed by atoms with Crippen LogP contribution in [0.4, 0.5) is 0 Å². The van der Waals surface area contributed by atoms with Gasteiger partial charge in [0.1, 0.15) is 6.29 Å². The van der Waals surface area contributed by atoms with Gasteiger partial charge in [0.2, 0.25) is 0 Å². The predicted octanol–water partition coefficient (Wildman–Crippen LogP) is 4.27. The Kier molecular flexibility index (Phi) is 7.30. The van der Waals surface area contributed by atoms with E-state index in [4.69, 9.17) is 0 Å². The van der Waals surface area contributed by atoms with Crippen molar-refractivity contribution in [3.8, 4) is 0 Å². The summed E-state index contributed by atoms with van der Waals surface area (Å²) in [5.41, 5.74) is 1.75. The number of hydrogen-bond acceptors (Lipinski definition) is 2. The molecule has 0 radical (unpaired) electrons. The van der Waals surface area contributed by atoms with E-state index in [9.17, 15) is 9.90 Å². The normalized spacial score (nSPS) is 11.4. The van der Waals surface area contributed by atoms with Crippen LogP contribution in [-0.2, 0) is 0 Å². The van der Waals surface area contributed by atoms with Crippen molar-refractivity contribution in [2.75, 3.05) is 0 Å². The molecule has 1 atom stereocenters. The summed E-state index contributed by atoms with van der Waals surface area (Å²) in [6.07, 6.45) is 1.37. The SMILES string of the molecule is CC(C)CC(O)c1ccccc1.O=Cc1ccccc1. The van der Waals surface area contributed by atoms with Crippen molar-refractivity contribution in [1.82, 2.24) is 0 Å². The molecule has 0 spiro atoms. The van der Waals surface area contributed by atoms with E-state index in [0.717, 1.165) is 23.8 Å². The molecule has 0 aliphatic heterocycles. The minimum absolute atomic E-state index is 0.300. The lowest BCUT2D eigenvalue weighted by molar-refractivity contribution is 0.112. The summed E-state index contributed by atoms with van der Waals surface area (Å²) in [5.74, 6) is 0.542. The summed E-state index contributed by atoms with van der Waals surface area (Å²) in [6, 6.07) is 18.9. The van der Waals surface area contributed by atoms with Gasteiger partial charge in [0, 0.05) is 5.56 Å². The van der Waals surface area contributed by atoms with Crippen LogP contribution in [-0.4, -0.2) is 11.4 Å². The van der Waals surface area contributed by atoms with E-state index < -0.39 is 0 Å². The minimum Gasteiger partial charge on any atom is -0.388 e. The van der Waals surface area contributed by atoms with Crippen LogP contribution in [0.3, 0.4) is 0 Å². The molecule has 2 aromatic rings. The van der Waals surface area contributed by atoms with Crippen LogP contribution >= 0.6 is 0 Å². The van der Waals surface area contributed by atoms with Crippen LogP contribution in [0.2, 0.25) is 0 Å². The van der Waals surface area contributed by atoms with E-state index in [-0.39, 0.29) is 6.10 Å². The molecule has 0 saturated carbocycles. The summed E-state index contributed by atoms with van der Waals surface area (Å²) < 4.78 is 0. The topological polar surface area (TPSA) is 37.3 Å². The second kappa shape index (κ2) is 9.05. The third kappa shape index (κ3) is 6.30. The van der Waals surface area contributed by atoms with E-state index in [1.165, 1.54) is 0 Å². The smallest absolute Gasteiger partial charge is 0.150 e. The number of carbonyl (C=O) groups is 1. The number of rotatable bonds is 4. The molecule has 106 valence electrons. The number of benzene rings is 2. The maximum absolute atomic E-state index is 10.0. The van der Waals surface area contributed by atoms with Crippen LogP contribution in [0.5, 0.6) is 0 Å². The molecule has 0 aromatic heterocycles. The van der Waals surface area contributed by atoms with Crippen LogP contribution in [0.1, 0.15) is 42.3 Å². The summed E-state index contributed by atoms with van der Waals surface area (Å²) in [6.45, 7) is 4.23. The van der Waals surface area contributed by atoms with Gasteiger partial charge in [0.25, 0.3) is 0 Å². The molecule has 0 aliphatic rings. The minimum atomic E-state index is -0.300. The lowest BCUT2D eigenvalue weighted by Gasteiger charge is -2.12. The molecule has 0 bridgehead atoms. The Morgan fingerprint density at radius 3 is 1.85 bits per heavy atom. The fourth-order valence-electron chi connectivity index (χ4n) is 1.79. The monoisotopic (exact) mass is 270 g/mol. The Morgan fingerprint density at radius 1 is 0.950 bits per heavy atom. The predicted molar refractivity (Wildman–Crippen MR) is 82.7 cm³/mol. The Morgan fingerprint density at radius 2 is 1.45 bits per heavy atom. The molecule has 20 heavy (non-hydrogen) atoms. The highest BCUT2D eigenvalue weighted by atomic mass is 16.3. The third-order valence-electron chi connectivity index (χ3n) is 2.81.